The monoisotopic (exact) mass is 439 g/mol. The molecule has 11 heteroatoms. The summed E-state index contributed by atoms with van der Waals surface area (Å²) in [7, 11) is 2.94. The lowest BCUT2D eigenvalue weighted by Crippen LogP contribution is -2.07. The lowest BCUT2D eigenvalue weighted by molar-refractivity contribution is -0.137. The molecule has 1 heterocycles. The Bertz CT molecular complexity index is 1060. The number of hydrogen-bond acceptors (Lipinski definition) is 7. The molecule has 0 bridgehead atoms. The number of ether oxygens (including phenoxy) is 2. The zero-order valence-corrected chi connectivity index (χ0v) is 16.6. The van der Waals surface area contributed by atoms with Crippen molar-refractivity contribution in [3.63, 3.8) is 0 Å². The Balaban J connectivity index is 1.90. The normalized spacial score (nSPS) is 11.1. The number of nitrogens with two attached hydrogens (primary N) is 1. The number of rotatable bonds is 6. The third-order valence-electron chi connectivity index (χ3n) is 4.06. The third-order valence-corrected chi connectivity index (χ3v) is 4.36. The molecule has 4 N–H and O–H groups in total. The quantitative estimate of drug-likeness (QED) is 0.483. The average molecular weight is 440 g/mol. The largest absolute Gasteiger partial charge is 0.495 e. The van der Waals surface area contributed by atoms with Crippen molar-refractivity contribution >= 4 is 40.3 Å². The molecule has 0 aliphatic heterocycles. The van der Waals surface area contributed by atoms with E-state index in [-0.39, 0.29) is 23.0 Å². The van der Waals surface area contributed by atoms with Gasteiger partial charge in [0, 0.05) is 11.8 Å². The van der Waals surface area contributed by atoms with E-state index in [0.29, 0.717) is 22.2 Å². The molecule has 7 nitrogen and oxygen atoms in total. The van der Waals surface area contributed by atoms with Crippen LogP contribution in [0.1, 0.15) is 5.56 Å². The average Bonchev–Trinajstić information content (AvgIpc) is 2.71. The van der Waals surface area contributed by atoms with Gasteiger partial charge in [0.25, 0.3) is 0 Å². The maximum absolute atomic E-state index is 12.9. The van der Waals surface area contributed by atoms with Crippen LogP contribution in [0.3, 0.4) is 0 Å². The predicted molar refractivity (Wildman–Crippen MR) is 109 cm³/mol. The zero-order chi connectivity index (χ0) is 21.9. The van der Waals surface area contributed by atoms with Gasteiger partial charge in [-0.3, -0.25) is 0 Å². The maximum Gasteiger partial charge on any atom is 0.416 e. The molecular formula is C19H17ClF3N5O2. The molecule has 0 unspecified atom stereocenters. The fourth-order valence-corrected chi connectivity index (χ4v) is 2.83. The van der Waals surface area contributed by atoms with Crippen LogP contribution in [0, 0.1) is 0 Å². The SMILES string of the molecule is COc1cc(OC)c(Nc2ncnc(Nc3cccc(C(F)(F)F)c3)c2N)cc1Cl. The van der Waals surface area contributed by atoms with E-state index in [1.54, 1.807) is 12.1 Å². The van der Waals surface area contributed by atoms with Crippen LogP contribution < -0.4 is 25.8 Å². The summed E-state index contributed by atoms with van der Waals surface area (Å²) in [4.78, 5) is 8.09. The van der Waals surface area contributed by atoms with Crippen LogP contribution in [0.2, 0.25) is 5.02 Å². The van der Waals surface area contributed by atoms with Crippen molar-refractivity contribution in [1.82, 2.24) is 9.97 Å². The van der Waals surface area contributed by atoms with Gasteiger partial charge in [0.2, 0.25) is 0 Å². The Labute approximate surface area is 175 Å². The summed E-state index contributed by atoms with van der Waals surface area (Å²) < 4.78 is 49.3. The molecule has 158 valence electrons. The Morgan fingerprint density at radius 2 is 1.63 bits per heavy atom. The number of anilines is 5. The summed E-state index contributed by atoms with van der Waals surface area (Å²) in [5, 5.41) is 6.09. The first kappa shape index (κ1) is 21.3. The maximum atomic E-state index is 12.9. The van der Waals surface area contributed by atoms with Crippen LogP contribution in [0.5, 0.6) is 11.5 Å². The highest BCUT2D eigenvalue weighted by Crippen LogP contribution is 2.39. The topological polar surface area (TPSA) is 94.3 Å². The molecule has 30 heavy (non-hydrogen) atoms. The van der Waals surface area contributed by atoms with E-state index in [0.717, 1.165) is 12.1 Å². The summed E-state index contributed by atoms with van der Waals surface area (Å²) in [5.41, 5.74) is 6.04. The molecule has 0 spiro atoms. The number of methoxy groups -OCH3 is 2. The molecule has 2 aromatic carbocycles. The van der Waals surface area contributed by atoms with Crippen LogP contribution in [0.25, 0.3) is 0 Å². The van der Waals surface area contributed by atoms with E-state index in [4.69, 9.17) is 26.8 Å². The number of nitrogen functional groups attached to an aromatic ring is 1. The lowest BCUT2D eigenvalue weighted by Gasteiger charge is -2.16. The smallest absolute Gasteiger partial charge is 0.416 e. The van der Waals surface area contributed by atoms with Gasteiger partial charge in [-0.25, -0.2) is 9.97 Å². The summed E-state index contributed by atoms with van der Waals surface area (Å²) in [6.07, 6.45) is -3.25. The van der Waals surface area contributed by atoms with Crippen LogP contribution in [-0.4, -0.2) is 24.2 Å². The number of aromatic nitrogens is 2. The lowest BCUT2D eigenvalue weighted by atomic mass is 10.2. The second-order valence-electron chi connectivity index (χ2n) is 6.00. The van der Waals surface area contributed by atoms with Crippen LogP contribution in [-0.2, 0) is 6.18 Å². The van der Waals surface area contributed by atoms with E-state index >= 15 is 0 Å². The number of benzene rings is 2. The van der Waals surface area contributed by atoms with Crippen molar-refractivity contribution in [1.29, 1.82) is 0 Å². The molecule has 3 rings (SSSR count). The Kier molecular flexibility index (Phi) is 6.06. The molecule has 3 aromatic rings. The standard InChI is InChI=1S/C19H17ClF3N5O2/c1-29-14-8-15(30-2)13(7-12(14)20)28-18-16(24)17(25-9-26-18)27-11-5-3-4-10(6-11)19(21,22)23/h3-9H,24H2,1-2H3,(H2,25,26,27,28). The minimum absolute atomic E-state index is 0.0869. The summed E-state index contributed by atoms with van der Waals surface area (Å²) in [6.45, 7) is 0. The van der Waals surface area contributed by atoms with E-state index in [9.17, 15) is 13.2 Å². The van der Waals surface area contributed by atoms with Gasteiger partial charge in [-0.15, -0.1) is 0 Å². The molecule has 0 atom stereocenters. The van der Waals surface area contributed by atoms with Crippen molar-refractivity contribution in [3.8, 4) is 11.5 Å². The van der Waals surface area contributed by atoms with E-state index < -0.39 is 11.7 Å². The predicted octanol–water partition coefficient (Wildman–Crippen LogP) is 5.24. The van der Waals surface area contributed by atoms with Crippen molar-refractivity contribution in [2.75, 3.05) is 30.6 Å². The summed E-state index contributed by atoms with van der Waals surface area (Å²) in [6, 6.07) is 7.84. The first-order chi connectivity index (χ1) is 14.2. The van der Waals surface area contributed by atoms with Crippen molar-refractivity contribution in [3.05, 3.63) is 53.3 Å². The molecule has 0 radical (unpaired) electrons. The number of nitrogens with zero attached hydrogens (tertiary/aromatic N) is 2. The highest BCUT2D eigenvalue weighted by molar-refractivity contribution is 6.32. The molecule has 0 fully saturated rings. The van der Waals surface area contributed by atoms with Gasteiger partial charge in [0.05, 0.1) is 30.5 Å². The molecule has 0 saturated heterocycles. The second kappa shape index (κ2) is 8.54. The van der Waals surface area contributed by atoms with Gasteiger partial charge in [0.15, 0.2) is 11.6 Å². The molecule has 0 amide bonds. The van der Waals surface area contributed by atoms with Gasteiger partial charge in [0.1, 0.15) is 23.5 Å². The fraction of sp³-hybridized carbons (Fsp3) is 0.158. The highest BCUT2D eigenvalue weighted by Gasteiger charge is 2.30. The molecule has 0 saturated carbocycles. The summed E-state index contributed by atoms with van der Waals surface area (Å²) in [5.74, 6) is 1.17. The van der Waals surface area contributed by atoms with Gasteiger partial charge in [-0.05, 0) is 24.3 Å². The highest BCUT2D eigenvalue weighted by atomic mass is 35.5. The van der Waals surface area contributed by atoms with Gasteiger partial charge in [-0.2, -0.15) is 13.2 Å². The Morgan fingerprint density at radius 1 is 0.967 bits per heavy atom. The fourth-order valence-electron chi connectivity index (χ4n) is 2.59. The minimum Gasteiger partial charge on any atom is -0.495 e. The first-order valence-electron chi connectivity index (χ1n) is 8.46. The Hall–Kier alpha value is -3.40. The number of nitrogens with one attached hydrogen (secondary N) is 2. The number of halogens is 4. The van der Waals surface area contributed by atoms with Gasteiger partial charge < -0.3 is 25.8 Å². The van der Waals surface area contributed by atoms with E-state index in [1.165, 1.54) is 32.7 Å². The minimum atomic E-state index is -4.47. The first-order valence-corrected chi connectivity index (χ1v) is 8.84. The molecule has 0 aliphatic rings. The third kappa shape index (κ3) is 4.60. The van der Waals surface area contributed by atoms with Crippen molar-refractivity contribution in [2.45, 2.75) is 6.18 Å². The van der Waals surface area contributed by atoms with Crippen molar-refractivity contribution < 1.29 is 22.6 Å². The molecule has 1 aromatic heterocycles. The molecule has 0 aliphatic carbocycles. The zero-order valence-electron chi connectivity index (χ0n) is 15.8. The number of hydrogen-bond donors (Lipinski definition) is 3. The number of alkyl halides is 3. The second-order valence-corrected chi connectivity index (χ2v) is 6.41. The molecular weight excluding hydrogens is 423 g/mol. The van der Waals surface area contributed by atoms with Crippen LogP contribution in [0.15, 0.2) is 42.7 Å². The van der Waals surface area contributed by atoms with Gasteiger partial charge in [-0.1, -0.05) is 17.7 Å². The van der Waals surface area contributed by atoms with Crippen LogP contribution in [0.4, 0.5) is 41.9 Å². The Morgan fingerprint density at radius 3 is 2.27 bits per heavy atom. The van der Waals surface area contributed by atoms with Crippen molar-refractivity contribution in [2.24, 2.45) is 0 Å². The van der Waals surface area contributed by atoms with E-state index in [1.807, 2.05) is 0 Å². The van der Waals surface area contributed by atoms with Crippen LogP contribution >= 0.6 is 11.6 Å². The van der Waals surface area contributed by atoms with E-state index in [2.05, 4.69) is 20.6 Å². The van der Waals surface area contributed by atoms with Gasteiger partial charge >= 0.3 is 6.18 Å². The summed E-state index contributed by atoms with van der Waals surface area (Å²) >= 11 is 6.17.